The summed E-state index contributed by atoms with van der Waals surface area (Å²) >= 11 is 0. The van der Waals surface area contributed by atoms with Crippen molar-refractivity contribution in [2.24, 2.45) is 0 Å². The van der Waals surface area contributed by atoms with E-state index in [4.69, 9.17) is 0 Å². The molecule has 0 aromatic rings. The maximum absolute atomic E-state index is 11.0. The van der Waals surface area contributed by atoms with Crippen LogP contribution in [0.2, 0.25) is 0 Å². The molecule has 520 valence electrons. The van der Waals surface area contributed by atoms with Crippen LogP contribution >= 0.6 is 0 Å². The Morgan fingerprint density at radius 1 is 0.146 bits per heavy atom. The van der Waals surface area contributed by atoms with Gasteiger partial charge in [0.25, 0.3) is 0 Å². The summed E-state index contributed by atoms with van der Waals surface area (Å²) < 4.78 is 0. The second-order valence-corrected chi connectivity index (χ2v) is 22.8. The Labute approximate surface area is 542 Å². The van der Waals surface area contributed by atoms with Crippen LogP contribution in [0.25, 0.3) is 0 Å². The van der Waals surface area contributed by atoms with Gasteiger partial charge in [0, 0.05) is 154 Å². The van der Waals surface area contributed by atoms with E-state index in [1.807, 2.05) is 0 Å². The molecule has 0 N–H and O–H groups in total. The molecule has 0 spiro atoms. The van der Waals surface area contributed by atoms with E-state index in [-0.39, 0.29) is 100.0 Å². The molecule has 0 saturated heterocycles. The monoisotopic (exact) mass is 1260 g/mol. The van der Waals surface area contributed by atoms with Crippen LogP contribution in [0.4, 0.5) is 0 Å². The largest absolute Gasteiger partial charge is 0.300 e. The predicted molar refractivity (Wildman–Crippen MR) is 362 cm³/mol. The molecule has 16 heteroatoms. The number of carbonyl (C=O) groups is 16. The van der Waals surface area contributed by atoms with Gasteiger partial charge in [-0.25, -0.2) is 0 Å². The third-order valence-electron chi connectivity index (χ3n) is 12.5. The van der Waals surface area contributed by atoms with Crippen molar-refractivity contribution in [2.75, 3.05) is 0 Å². The van der Waals surface area contributed by atoms with E-state index in [9.17, 15) is 76.7 Å². The minimum Gasteiger partial charge on any atom is -0.300 e. The first-order valence-corrected chi connectivity index (χ1v) is 33.4. The SMILES string of the molecule is C.CCCCC(=O)CCC(C)=O.CCCCC(=O)CCC(C)=O.CCCCC(=O)CCC(C)=O.CCCCC(=O)CCC(C)=O.CCCCC(=O)CCC(C)=O.CCCCC(=O)CCC(C)=O.CCCCC(=O)CCC(C)=O.CCCCC(=O)CCC(C)=O. The van der Waals surface area contributed by atoms with E-state index in [0.29, 0.717) is 154 Å². The Morgan fingerprint density at radius 2 is 0.225 bits per heavy atom. The highest BCUT2D eigenvalue weighted by Crippen LogP contribution is 2.07. The second kappa shape index (κ2) is 80.7. The first-order valence-electron chi connectivity index (χ1n) is 33.4. The van der Waals surface area contributed by atoms with E-state index >= 15 is 0 Å². The zero-order valence-corrected chi connectivity index (χ0v) is 58.8. The molecule has 0 fully saturated rings. The summed E-state index contributed by atoms with van der Waals surface area (Å²) in [6.45, 7) is 28.6. The summed E-state index contributed by atoms with van der Waals surface area (Å²) in [5, 5.41) is 0. The number of unbranched alkanes of at least 4 members (excludes halogenated alkanes) is 8. The number of rotatable bonds is 48. The lowest BCUT2D eigenvalue weighted by Crippen LogP contribution is -2.00. The molecule has 0 aliphatic carbocycles. The lowest BCUT2D eigenvalue weighted by atomic mass is 10.1. The molecule has 0 aliphatic heterocycles. The van der Waals surface area contributed by atoms with Gasteiger partial charge in [0.1, 0.15) is 92.5 Å². The molecule has 0 aliphatic rings. The van der Waals surface area contributed by atoms with Crippen LogP contribution in [0.3, 0.4) is 0 Å². The highest BCUT2D eigenvalue weighted by molar-refractivity contribution is 5.88. The zero-order chi connectivity index (χ0) is 69.5. The van der Waals surface area contributed by atoms with Gasteiger partial charge in [0.2, 0.25) is 0 Å². The Kier molecular flexibility index (Phi) is 93.1. The molecule has 0 saturated carbocycles. The van der Waals surface area contributed by atoms with E-state index in [1.165, 1.54) is 55.4 Å². The summed E-state index contributed by atoms with van der Waals surface area (Å²) in [7, 11) is 0. The molecular weight excluding hydrogens is 1130 g/mol. The van der Waals surface area contributed by atoms with Crippen LogP contribution in [0.5, 0.6) is 0 Å². The normalized spacial score (nSPS) is 9.53. The van der Waals surface area contributed by atoms with Crippen molar-refractivity contribution in [1.29, 1.82) is 0 Å². The van der Waals surface area contributed by atoms with Gasteiger partial charge in [-0.1, -0.05) is 114 Å². The fourth-order valence-electron chi connectivity index (χ4n) is 6.52. The molecule has 16 nitrogen and oxygen atoms in total. The van der Waals surface area contributed by atoms with Gasteiger partial charge >= 0.3 is 0 Å². The van der Waals surface area contributed by atoms with Crippen molar-refractivity contribution in [3.8, 4) is 0 Å². The fourth-order valence-corrected chi connectivity index (χ4v) is 6.52. The molecule has 0 unspecified atom stereocenters. The summed E-state index contributed by atoms with van der Waals surface area (Å²) in [5.74, 6) is 2.64. The van der Waals surface area contributed by atoms with Crippen LogP contribution in [0, 0.1) is 0 Å². The molecule has 0 atom stereocenters. The molecule has 0 amide bonds. The number of Topliss-reactive ketones (excluding diaryl/α,β-unsaturated/α-hetero) is 16. The maximum Gasteiger partial charge on any atom is 0.133 e. The Morgan fingerprint density at radius 3 is 0.281 bits per heavy atom. The standard InChI is InChI=1S/8C9H16O2.CH4/c8*1-3-4-5-9(11)7-6-8(2)10;/h8*3-7H2,1-2H3;1H4. The summed E-state index contributed by atoms with van der Waals surface area (Å²) in [6.07, 6.45) is 28.0. The van der Waals surface area contributed by atoms with Crippen molar-refractivity contribution < 1.29 is 76.7 Å². The van der Waals surface area contributed by atoms with E-state index in [0.717, 1.165) is 103 Å². The number of ketones is 16. The summed E-state index contributed by atoms with van der Waals surface area (Å²) in [4.78, 5) is 171. The lowest BCUT2D eigenvalue weighted by molar-refractivity contribution is -0.123. The van der Waals surface area contributed by atoms with Crippen molar-refractivity contribution in [1.82, 2.24) is 0 Å². The predicted octanol–water partition coefficient (Wildman–Crippen LogP) is 17.6. The van der Waals surface area contributed by atoms with Crippen molar-refractivity contribution in [3.05, 3.63) is 0 Å². The maximum atomic E-state index is 11.0. The first kappa shape index (κ1) is 103. The number of hydrogen-bond donors (Lipinski definition) is 0. The molecule has 0 radical (unpaired) electrons. The average molecular weight is 1270 g/mol. The molecule has 0 aromatic heterocycles. The molecule has 0 heterocycles. The van der Waals surface area contributed by atoms with Gasteiger partial charge in [-0.3, -0.25) is 38.4 Å². The van der Waals surface area contributed by atoms with E-state index in [2.05, 4.69) is 55.4 Å². The summed E-state index contributed by atoms with van der Waals surface area (Å²) in [6, 6.07) is 0. The van der Waals surface area contributed by atoms with Crippen molar-refractivity contribution in [2.45, 2.75) is 375 Å². The minimum atomic E-state index is 0. The minimum absolute atomic E-state index is 0. The molecule has 0 rings (SSSR count). The summed E-state index contributed by atoms with van der Waals surface area (Å²) in [5.41, 5.74) is 0. The van der Waals surface area contributed by atoms with Crippen LogP contribution in [0.15, 0.2) is 0 Å². The van der Waals surface area contributed by atoms with Gasteiger partial charge in [-0.15, -0.1) is 0 Å². The Balaban J connectivity index is -0.000000117. The Hall–Kier alpha value is -5.28. The van der Waals surface area contributed by atoms with Gasteiger partial charge in [0.15, 0.2) is 0 Å². The van der Waals surface area contributed by atoms with Gasteiger partial charge in [-0.05, 0) is 107 Å². The smallest absolute Gasteiger partial charge is 0.133 e. The van der Waals surface area contributed by atoms with Gasteiger partial charge in [0.05, 0.1) is 0 Å². The average Bonchev–Trinajstić information content (AvgIpc) is 3.47. The molecule has 0 bridgehead atoms. The number of hydrogen-bond acceptors (Lipinski definition) is 16. The highest BCUT2D eigenvalue weighted by atomic mass is 16.2. The van der Waals surface area contributed by atoms with Crippen LogP contribution in [0.1, 0.15) is 375 Å². The zero-order valence-electron chi connectivity index (χ0n) is 58.8. The molecule has 89 heavy (non-hydrogen) atoms. The molecular formula is C73H132O16. The van der Waals surface area contributed by atoms with Crippen molar-refractivity contribution >= 4 is 92.5 Å². The van der Waals surface area contributed by atoms with E-state index < -0.39 is 0 Å². The Bertz CT molecular complexity index is 1520. The van der Waals surface area contributed by atoms with E-state index in [1.54, 1.807) is 0 Å². The van der Waals surface area contributed by atoms with Crippen LogP contribution in [-0.4, -0.2) is 92.5 Å². The third kappa shape index (κ3) is 121. The van der Waals surface area contributed by atoms with Crippen LogP contribution in [-0.2, 0) is 76.7 Å². The van der Waals surface area contributed by atoms with Gasteiger partial charge in [-0.2, -0.15) is 0 Å². The quantitative estimate of drug-likeness (QED) is 0.0547. The first-order chi connectivity index (χ1) is 41.3. The van der Waals surface area contributed by atoms with Crippen molar-refractivity contribution in [3.63, 3.8) is 0 Å². The van der Waals surface area contributed by atoms with Crippen LogP contribution < -0.4 is 0 Å². The van der Waals surface area contributed by atoms with Gasteiger partial charge < -0.3 is 38.4 Å². The molecule has 0 aromatic carbocycles. The second-order valence-electron chi connectivity index (χ2n) is 22.8. The number of carbonyl (C=O) groups excluding carboxylic acids is 16. The fraction of sp³-hybridized carbons (Fsp3) is 0.781. The highest BCUT2D eigenvalue weighted by Gasteiger charge is 2.08. The topological polar surface area (TPSA) is 273 Å². The third-order valence-corrected chi connectivity index (χ3v) is 12.5. The lowest BCUT2D eigenvalue weighted by Gasteiger charge is -1.96.